The number of aryl methyl sites for hydroxylation is 2. The number of nitrogens with one attached hydrogen (secondary N) is 1. The molecule has 0 spiro atoms. The summed E-state index contributed by atoms with van der Waals surface area (Å²) in [4.78, 5) is 16.3. The fourth-order valence-corrected chi connectivity index (χ4v) is 1.85. The number of anilines is 1. The van der Waals surface area contributed by atoms with Gasteiger partial charge in [-0.25, -0.2) is 0 Å². The molecule has 0 bridgehead atoms. The minimum absolute atomic E-state index is 0.0293. The Bertz CT molecular complexity index is 603. The fourth-order valence-electron chi connectivity index (χ4n) is 1.85. The number of fused-ring (bicyclic) bond motifs is 1. The second-order valence-corrected chi connectivity index (χ2v) is 4.98. The largest absolute Gasteiger partial charge is 0.325 e. The molecule has 0 radical (unpaired) electrons. The average molecular weight is 242 g/mol. The van der Waals surface area contributed by atoms with E-state index in [1.807, 2.05) is 45.9 Å². The summed E-state index contributed by atoms with van der Waals surface area (Å²) in [5.41, 5.74) is 3.83. The summed E-state index contributed by atoms with van der Waals surface area (Å²) >= 11 is 0. The molecule has 0 unspecified atom stereocenters. The monoisotopic (exact) mass is 242 g/mol. The molecule has 18 heavy (non-hydrogen) atoms. The number of amides is 1. The van der Waals surface area contributed by atoms with E-state index < -0.39 is 0 Å². The van der Waals surface area contributed by atoms with Crippen LogP contribution in [0.5, 0.6) is 0 Å². The zero-order valence-electron chi connectivity index (χ0n) is 11.2. The van der Waals surface area contributed by atoms with Gasteiger partial charge in [0.05, 0.1) is 11.2 Å². The van der Waals surface area contributed by atoms with E-state index in [0.717, 1.165) is 27.8 Å². The molecule has 1 heterocycles. The lowest BCUT2D eigenvalue weighted by Gasteiger charge is -2.12. The van der Waals surface area contributed by atoms with E-state index in [1.54, 1.807) is 0 Å². The lowest BCUT2D eigenvalue weighted by atomic mass is 10.1. The lowest BCUT2D eigenvalue weighted by molar-refractivity contribution is -0.118. The van der Waals surface area contributed by atoms with Crippen LogP contribution in [-0.2, 0) is 4.79 Å². The third-order valence-electron chi connectivity index (χ3n) is 2.87. The number of carbonyl (C=O) groups is 1. The fraction of sp³-hybridized carbons (Fsp3) is 0.333. The van der Waals surface area contributed by atoms with E-state index in [2.05, 4.69) is 16.4 Å². The van der Waals surface area contributed by atoms with Crippen LogP contribution in [0.25, 0.3) is 10.9 Å². The summed E-state index contributed by atoms with van der Waals surface area (Å²) in [6, 6.07) is 7.99. The molecule has 1 aromatic heterocycles. The highest BCUT2D eigenvalue weighted by Crippen LogP contribution is 2.24. The zero-order valence-corrected chi connectivity index (χ0v) is 11.2. The van der Waals surface area contributed by atoms with Crippen LogP contribution in [0.1, 0.15) is 25.1 Å². The Hall–Kier alpha value is -1.90. The van der Waals surface area contributed by atoms with Crippen LogP contribution in [0, 0.1) is 19.8 Å². The Morgan fingerprint density at radius 2 is 1.94 bits per heavy atom. The number of rotatable bonds is 2. The molecule has 2 rings (SSSR count). The van der Waals surface area contributed by atoms with Crippen molar-refractivity contribution in [3.8, 4) is 0 Å². The van der Waals surface area contributed by atoms with E-state index >= 15 is 0 Å². The van der Waals surface area contributed by atoms with Crippen molar-refractivity contribution in [1.82, 2.24) is 4.98 Å². The molecule has 94 valence electrons. The van der Waals surface area contributed by atoms with Crippen LogP contribution >= 0.6 is 0 Å². The summed E-state index contributed by atoms with van der Waals surface area (Å²) in [7, 11) is 0. The molecule has 0 aliphatic heterocycles. The first-order valence-corrected chi connectivity index (χ1v) is 6.16. The molecule has 0 aliphatic carbocycles. The van der Waals surface area contributed by atoms with Crippen molar-refractivity contribution in [3.05, 3.63) is 35.5 Å². The van der Waals surface area contributed by atoms with Crippen LogP contribution < -0.4 is 5.32 Å². The van der Waals surface area contributed by atoms with E-state index in [9.17, 15) is 4.79 Å². The first kappa shape index (κ1) is 12.6. The van der Waals surface area contributed by atoms with Gasteiger partial charge in [-0.1, -0.05) is 25.5 Å². The van der Waals surface area contributed by atoms with Gasteiger partial charge in [0.15, 0.2) is 0 Å². The topological polar surface area (TPSA) is 42.0 Å². The smallest absolute Gasteiger partial charge is 0.226 e. The van der Waals surface area contributed by atoms with Crippen molar-refractivity contribution in [2.75, 3.05) is 5.32 Å². The second-order valence-electron chi connectivity index (χ2n) is 4.98. The van der Waals surface area contributed by atoms with E-state index in [4.69, 9.17) is 0 Å². The minimum atomic E-state index is -0.0293. The van der Waals surface area contributed by atoms with Gasteiger partial charge < -0.3 is 5.32 Å². The van der Waals surface area contributed by atoms with Gasteiger partial charge in [0.25, 0.3) is 0 Å². The molecule has 0 atom stereocenters. The third-order valence-corrected chi connectivity index (χ3v) is 2.87. The van der Waals surface area contributed by atoms with Crippen molar-refractivity contribution < 1.29 is 4.79 Å². The summed E-state index contributed by atoms with van der Waals surface area (Å²) in [5.74, 6) is 0.00161. The second kappa shape index (κ2) is 4.77. The van der Waals surface area contributed by atoms with Gasteiger partial charge in [0.1, 0.15) is 0 Å². The van der Waals surface area contributed by atoms with Gasteiger partial charge in [-0.15, -0.1) is 0 Å². The summed E-state index contributed by atoms with van der Waals surface area (Å²) in [6.07, 6.45) is 0. The Kier molecular flexibility index (Phi) is 3.32. The number of hydrogen-bond acceptors (Lipinski definition) is 2. The third kappa shape index (κ3) is 2.50. The Labute approximate surface area is 107 Å². The normalized spacial score (nSPS) is 10.9. The molecule has 3 heteroatoms. The van der Waals surface area contributed by atoms with Crippen LogP contribution in [-0.4, -0.2) is 10.9 Å². The van der Waals surface area contributed by atoms with Gasteiger partial charge in [0, 0.05) is 17.0 Å². The first-order valence-electron chi connectivity index (χ1n) is 6.16. The molecule has 2 aromatic rings. The molecule has 0 aliphatic rings. The van der Waals surface area contributed by atoms with Gasteiger partial charge >= 0.3 is 0 Å². The molecule has 3 nitrogen and oxygen atoms in total. The predicted molar refractivity (Wildman–Crippen MR) is 74.7 cm³/mol. The molecule has 0 fully saturated rings. The zero-order chi connectivity index (χ0) is 13.3. The van der Waals surface area contributed by atoms with Crippen LogP contribution in [0.2, 0.25) is 0 Å². The van der Waals surface area contributed by atoms with Crippen molar-refractivity contribution in [1.29, 1.82) is 0 Å². The standard InChI is InChI=1S/C15H18N2O/c1-9(2)15(18)17-14-8-11(4)16-13-6-5-10(3)7-12(13)14/h5-9H,1-4H3,(H,16,17,18). The molecule has 0 saturated carbocycles. The summed E-state index contributed by atoms with van der Waals surface area (Å²) in [5, 5.41) is 3.97. The Morgan fingerprint density at radius 3 is 2.61 bits per heavy atom. The highest BCUT2D eigenvalue weighted by atomic mass is 16.1. The van der Waals surface area contributed by atoms with Crippen molar-refractivity contribution >= 4 is 22.5 Å². The van der Waals surface area contributed by atoms with E-state index in [-0.39, 0.29) is 11.8 Å². The average Bonchev–Trinajstić information content (AvgIpc) is 2.29. The summed E-state index contributed by atoms with van der Waals surface area (Å²) < 4.78 is 0. The van der Waals surface area contributed by atoms with Gasteiger partial charge in [0.2, 0.25) is 5.91 Å². The minimum Gasteiger partial charge on any atom is -0.325 e. The van der Waals surface area contributed by atoms with Gasteiger partial charge in [-0.2, -0.15) is 0 Å². The Balaban J connectivity index is 2.54. The van der Waals surface area contributed by atoms with Crippen molar-refractivity contribution in [2.45, 2.75) is 27.7 Å². The molecule has 1 N–H and O–H groups in total. The molecule has 0 saturated heterocycles. The maximum Gasteiger partial charge on any atom is 0.226 e. The number of aromatic nitrogens is 1. The van der Waals surface area contributed by atoms with Gasteiger partial charge in [-0.3, -0.25) is 9.78 Å². The van der Waals surface area contributed by atoms with Gasteiger partial charge in [-0.05, 0) is 32.0 Å². The lowest BCUT2D eigenvalue weighted by Crippen LogP contribution is -2.18. The highest BCUT2D eigenvalue weighted by Gasteiger charge is 2.10. The van der Waals surface area contributed by atoms with E-state index in [0.29, 0.717) is 0 Å². The maximum absolute atomic E-state index is 11.8. The molecular weight excluding hydrogens is 224 g/mol. The number of pyridine rings is 1. The van der Waals surface area contributed by atoms with Crippen molar-refractivity contribution in [3.63, 3.8) is 0 Å². The Morgan fingerprint density at radius 1 is 1.22 bits per heavy atom. The quantitative estimate of drug-likeness (QED) is 0.876. The highest BCUT2D eigenvalue weighted by molar-refractivity contribution is 6.01. The molecule has 1 aromatic carbocycles. The van der Waals surface area contributed by atoms with Crippen LogP contribution in [0.4, 0.5) is 5.69 Å². The number of carbonyl (C=O) groups excluding carboxylic acids is 1. The molecular formula is C15H18N2O. The summed E-state index contributed by atoms with van der Waals surface area (Å²) in [6.45, 7) is 7.74. The number of nitrogens with zero attached hydrogens (tertiary/aromatic N) is 1. The molecule has 1 amide bonds. The van der Waals surface area contributed by atoms with Crippen LogP contribution in [0.15, 0.2) is 24.3 Å². The predicted octanol–water partition coefficient (Wildman–Crippen LogP) is 3.45. The number of benzene rings is 1. The van der Waals surface area contributed by atoms with Crippen molar-refractivity contribution in [2.24, 2.45) is 5.92 Å². The first-order chi connectivity index (χ1) is 8.47. The van der Waals surface area contributed by atoms with Crippen LogP contribution in [0.3, 0.4) is 0 Å². The number of hydrogen-bond donors (Lipinski definition) is 1. The SMILES string of the molecule is Cc1ccc2nc(C)cc(NC(=O)C(C)C)c2c1. The van der Waals surface area contributed by atoms with E-state index in [1.165, 1.54) is 0 Å². The maximum atomic E-state index is 11.8.